The van der Waals surface area contributed by atoms with Crippen LogP contribution < -0.4 is 10.3 Å². The predicted molar refractivity (Wildman–Crippen MR) is 139 cm³/mol. The number of nitrogens with zero attached hydrogens (tertiary/aromatic N) is 1. The number of piperidine rings is 1. The second kappa shape index (κ2) is 10.3. The lowest BCUT2D eigenvalue weighted by molar-refractivity contribution is -0.390. The van der Waals surface area contributed by atoms with Gasteiger partial charge in [-0.3, -0.25) is 4.79 Å². The highest BCUT2D eigenvalue weighted by Crippen LogP contribution is 2.47. The van der Waals surface area contributed by atoms with Crippen molar-refractivity contribution < 1.29 is 18.6 Å². The van der Waals surface area contributed by atoms with E-state index in [1.54, 1.807) is 0 Å². The Kier molecular flexibility index (Phi) is 7.00. The van der Waals surface area contributed by atoms with E-state index in [2.05, 4.69) is 21.3 Å². The molecule has 3 fully saturated rings. The number of H-pyrrole nitrogens is 1. The normalized spacial score (nSPS) is 30.5. The van der Waals surface area contributed by atoms with Gasteiger partial charge in [0, 0.05) is 54.7 Å². The molecule has 1 spiro atoms. The van der Waals surface area contributed by atoms with Crippen LogP contribution in [0.3, 0.4) is 0 Å². The third-order valence-electron chi connectivity index (χ3n) is 9.86. The molecule has 3 heterocycles. The summed E-state index contributed by atoms with van der Waals surface area (Å²) in [7, 11) is 0. The summed E-state index contributed by atoms with van der Waals surface area (Å²) < 4.78 is 29.5. The van der Waals surface area contributed by atoms with Gasteiger partial charge in [0.05, 0.1) is 5.92 Å². The summed E-state index contributed by atoms with van der Waals surface area (Å²) in [5.74, 6) is -0.643. The largest absolute Gasteiger partial charge is 0.339 e. The summed E-state index contributed by atoms with van der Waals surface area (Å²) in [6, 6.07) is 8.22. The Morgan fingerprint density at radius 2 is 1.84 bits per heavy atom. The van der Waals surface area contributed by atoms with E-state index in [1.807, 2.05) is 6.07 Å². The number of likely N-dealkylation sites (tertiary alicyclic amines) is 1. The molecule has 2 N–H and O–H groups in total. The average molecular weight is 529 g/mol. The van der Waals surface area contributed by atoms with Gasteiger partial charge in [0.25, 0.3) is 5.15 Å². The number of aryl methyl sites for hydroxylation is 1. The SMILES string of the molecule is O=C([C@@H]1CNC[C@]12CCCc1[nH+]c(Cl)ccc12)N1CC[C@@H](c2c(F)cccc2F)CC1C1CCCCC1. The van der Waals surface area contributed by atoms with Crippen molar-refractivity contribution in [1.29, 1.82) is 0 Å². The number of carbonyl (C=O) groups excluding carboxylic acids is 1. The van der Waals surface area contributed by atoms with Gasteiger partial charge >= 0.3 is 0 Å². The maximum atomic E-state index is 14.8. The lowest BCUT2D eigenvalue weighted by atomic mass is 9.64. The molecule has 198 valence electrons. The number of amides is 1. The van der Waals surface area contributed by atoms with Crippen LogP contribution >= 0.6 is 11.6 Å². The number of aromatic amines is 1. The van der Waals surface area contributed by atoms with E-state index in [0.29, 0.717) is 37.0 Å². The maximum Gasteiger partial charge on any atom is 0.273 e. The molecule has 0 radical (unpaired) electrons. The zero-order chi connectivity index (χ0) is 25.6. The van der Waals surface area contributed by atoms with Gasteiger partial charge in [-0.1, -0.05) is 25.3 Å². The second-order valence-corrected chi connectivity index (χ2v) is 12.2. The Morgan fingerprint density at radius 3 is 2.62 bits per heavy atom. The van der Waals surface area contributed by atoms with Crippen LogP contribution in [0.1, 0.15) is 80.5 Å². The van der Waals surface area contributed by atoms with Crippen LogP contribution in [-0.4, -0.2) is 36.5 Å². The summed E-state index contributed by atoms with van der Waals surface area (Å²) in [5.41, 5.74) is 2.35. The fourth-order valence-corrected chi connectivity index (χ4v) is 8.29. The Morgan fingerprint density at radius 1 is 1.05 bits per heavy atom. The van der Waals surface area contributed by atoms with Crippen LogP contribution in [0.25, 0.3) is 0 Å². The van der Waals surface area contributed by atoms with E-state index >= 15 is 0 Å². The molecule has 2 aromatic rings. The van der Waals surface area contributed by atoms with E-state index in [9.17, 15) is 13.6 Å². The highest BCUT2D eigenvalue weighted by Gasteiger charge is 2.54. The standard InChI is InChI=1S/C30H36ClF2N3O/c31-27-12-11-21-25(35-27)10-5-14-30(21)18-34-17-22(30)29(37)36-15-13-20(28-23(32)8-4-9-24(28)33)16-26(36)19-6-2-1-3-7-19/h4,8-9,11-12,19-20,22,26,34H,1-3,5-7,10,13-18H2/p+1/t20-,22+,26?,30+/m1/s1. The van der Waals surface area contributed by atoms with Crippen LogP contribution in [0, 0.1) is 23.5 Å². The fourth-order valence-electron chi connectivity index (χ4n) is 8.12. The first-order valence-corrected chi connectivity index (χ1v) is 14.5. The van der Waals surface area contributed by atoms with E-state index in [1.165, 1.54) is 43.0 Å². The molecule has 0 bridgehead atoms. The van der Waals surface area contributed by atoms with Crippen LogP contribution in [0.5, 0.6) is 0 Å². The molecule has 37 heavy (non-hydrogen) atoms. The van der Waals surface area contributed by atoms with Crippen LogP contribution in [0.15, 0.2) is 30.3 Å². The zero-order valence-corrected chi connectivity index (χ0v) is 22.1. The first kappa shape index (κ1) is 25.2. The molecule has 7 heteroatoms. The van der Waals surface area contributed by atoms with Gasteiger partial charge in [-0.2, -0.15) is 4.98 Å². The van der Waals surface area contributed by atoms with Crippen molar-refractivity contribution in [3.8, 4) is 0 Å². The Balaban J connectivity index is 1.32. The van der Waals surface area contributed by atoms with Crippen LogP contribution in [0.4, 0.5) is 8.78 Å². The molecule has 2 aliphatic heterocycles. The number of fused-ring (bicyclic) bond motifs is 2. The summed E-state index contributed by atoms with van der Waals surface area (Å²) in [6.07, 6.45) is 9.93. The highest BCUT2D eigenvalue weighted by molar-refractivity contribution is 6.28. The minimum absolute atomic E-state index is 0.0306. The number of hydrogen-bond acceptors (Lipinski definition) is 2. The molecular weight excluding hydrogens is 492 g/mol. The Hall–Kier alpha value is -2.05. The van der Waals surface area contributed by atoms with Crippen molar-refractivity contribution >= 4 is 17.5 Å². The lowest BCUT2D eigenvalue weighted by Crippen LogP contribution is -2.55. The number of carbonyl (C=O) groups is 1. The van der Waals surface area contributed by atoms with Gasteiger partial charge in [0.15, 0.2) is 5.69 Å². The molecule has 2 aliphatic carbocycles. The molecule has 1 amide bonds. The number of aromatic nitrogens is 1. The van der Waals surface area contributed by atoms with E-state index in [-0.39, 0.29) is 34.8 Å². The first-order valence-electron chi connectivity index (χ1n) is 14.1. The monoisotopic (exact) mass is 528 g/mol. The van der Waals surface area contributed by atoms with Crippen molar-refractivity contribution in [1.82, 2.24) is 10.2 Å². The minimum atomic E-state index is -0.458. The molecule has 4 nitrogen and oxygen atoms in total. The van der Waals surface area contributed by atoms with Gasteiger partial charge < -0.3 is 10.2 Å². The molecule has 1 saturated carbocycles. The molecule has 2 saturated heterocycles. The highest BCUT2D eigenvalue weighted by atomic mass is 35.5. The van der Waals surface area contributed by atoms with Crippen LogP contribution in [-0.2, 0) is 16.6 Å². The van der Waals surface area contributed by atoms with E-state index < -0.39 is 11.6 Å². The molecule has 4 atom stereocenters. The first-order chi connectivity index (χ1) is 18.0. The molecule has 1 aromatic heterocycles. The Labute approximate surface area is 223 Å². The summed E-state index contributed by atoms with van der Waals surface area (Å²) in [6.45, 7) is 2.02. The second-order valence-electron chi connectivity index (χ2n) is 11.7. The third kappa shape index (κ3) is 4.48. The van der Waals surface area contributed by atoms with Crippen molar-refractivity contribution in [3.63, 3.8) is 0 Å². The number of benzene rings is 1. The van der Waals surface area contributed by atoms with Gasteiger partial charge in [0.1, 0.15) is 11.6 Å². The predicted octanol–water partition coefficient (Wildman–Crippen LogP) is 5.58. The number of rotatable bonds is 3. The van der Waals surface area contributed by atoms with Gasteiger partial charge in [-0.05, 0) is 80.2 Å². The summed E-state index contributed by atoms with van der Waals surface area (Å²) >= 11 is 6.28. The van der Waals surface area contributed by atoms with Crippen molar-refractivity contribution in [2.45, 2.75) is 81.6 Å². The van der Waals surface area contributed by atoms with Crippen molar-refractivity contribution in [2.24, 2.45) is 11.8 Å². The van der Waals surface area contributed by atoms with Gasteiger partial charge in [0.2, 0.25) is 5.91 Å². The lowest BCUT2D eigenvalue weighted by Gasteiger charge is -2.47. The van der Waals surface area contributed by atoms with E-state index in [0.717, 1.165) is 44.3 Å². The average Bonchev–Trinajstić information content (AvgIpc) is 3.32. The Bertz CT molecular complexity index is 1150. The molecule has 1 aromatic carbocycles. The van der Waals surface area contributed by atoms with Crippen molar-refractivity contribution in [2.75, 3.05) is 19.6 Å². The molecule has 4 aliphatic rings. The quantitative estimate of drug-likeness (QED) is 0.529. The summed E-state index contributed by atoms with van der Waals surface area (Å²) in [5, 5.41) is 4.19. The van der Waals surface area contributed by atoms with Crippen molar-refractivity contribution in [3.05, 3.63) is 63.9 Å². The third-order valence-corrected chi connectivity index (χ3v) is 10.1. The van der Waals surface area contributed by atoms with Gasteiger partial charge in [-0.25, -0.2) is 8.78 Å². The topological polar surface area (TPSA) is 46.5 Å². The summed E-state index contributed by atoms with van der Waals surface area (Å²) in [4.78, 5) is 20.0. The molecule has 1 unspecified atom stereocenters. The number of hydrogen-bond donors (Lipinski definition) is 1. The van der Waals surface area contributed by atoms with Crippen LogP contribution in [0.2, 0.25) is 5.15 Å². The number of nitrogens with one attached hydrogen (secondary N) is 2. The molecule has 6 rings (SSSR count). The zero-order valence-electron chi connectivity index (χ0n) is 21.4. The number of halogens is 3. The van der Waals surface area contributed by atoms with E-state index in [4.69, 9.17) is 11.6 Å². The fraction of sp³-hybridized carbons (Fsp3) is 0.600. The van der Waals surface area contributed by atoms with Gasteiger partial charge in [-0.15, -0.1) is 0 Å². The minimum Gasteiger partial charge on any atom is -0.339 e. The molecular formula is C30H37ClF2N3O+. The smallest absolute Gasteiger partial charge is 0.273 e. The number of pyridine rings is 1. The maximum absolute atomic E-state index is 14.8.